The summed E-state index contributed by atoms with van der Waals surface area (Å²) < 4.78 is 4.94. The Labute approximate surface area is 110 Å². The molecule has 1 unspecified atom stereocenters. The second kappa shape index (κ2) is 9.30. The molecule has 1 rings (SSSR count). The van der Waals surface area contributed by atoms with Crippen LogP contribution in [0.1, 0.15) is 26.2 Å². The van der Waals surface area contributed by atoms with E-state index in [0.717, 1.165) is 26.1 Å². The Morgan fingerprint density at radius 1 is 1.50 bits per heavy atom. The SMILES string of the molecule is CCNC1CCCN(CC(=O)NCCCOC)C1. The van der Waals surface area contributed by atoms with E-state index in [1.165, 1.54) is 12.8 Å². The summed E-state index contributed by atoms with van der Waals surface area (Å²) in [5, 5.41) is 6.39. The van der Waals surface area contributed by atoms with Crippen LogP contribution in [0.25, 0.3) is 0 Å². The third-order valence-corrected chi connectivity index (χ3v) is 3.21. The third kappa shape index (κ3) is 6.33. The maximum absolute atomic E-state index is 11.7. The van der Waals surface area contributed by atoms with Crippen LogP contribution in [0.15, 0.2) is 0 Å². The van der Waals surface area contributed by atoms with Crippen LogP contribution in [0.4, 0.5) is 0 Å². The zero-order chi connectivity index (χ0) is 13.2. The summed E-state index contributed by atoms with van der Waals surface area (Å²) in [7, 11) is 1.68. The Morgan fingerprint density at radius 2 is 2.33 bits per heavy atom. The highest BCUT2D eigenvalue weighted by atomic mass is 16.5. The largest absolute Gasteiger partial charge is 0.385 e. The Bertz CT molecular complexity index is 234. The topological polar surface area (TPSA) is 53.6 Å². The molecule has 0 aliphatic carbocycles. The van der Waals surface area contributed by atoms with E-state index in [-0.39, 0.29) is 5.91 Å². The fraction of sp³-hybridized carbons (Fsp3) is 0.923. The lowest BCUT2D eigenvalue weighted by Crippen LogP contribution is -2.48. The van der Waals surface area contributed by atoms with Crippen molar-refractivity contribution >= 4 is 5.91 Å². The van der Waals surface area contributed by atoms with Gasteiger partial charge >= 0.3 is 0 Å². The molecule has 1 amide bonds. The fourth-order valence-corrected chi connectivity index (χ4v) is 2.36. The number of carbonyl (C=O) groups excluding carboxylic acids is 1. The summed E-state index contributed by atoms with van der Waals surface area (Å²) in [5.41, 5.74) is 0. The molecule has 0 radical (unpaired) electrons. The number of carbonyl (C=O) groups is 1. The Morgan fingerprint density at radius 3 is 3.06 bits per heavy atom. The Kier molecular flexibility index (Phi) is 7.96. The molecule has 0 spiro atoms. The average molecular weight is 257 g/mol. The van der Waals surface area contributed by atoms with Crippen molar-refractivity contribution in [3.05, 3.63) is 0 Å². The summed E-state index contributed by atoms with van der Waals surface area (Å²) in [5.74, 6) is 0.128. The van der Waals surface area contributed by atoms with Gasteiger partial charge in [0.15, 0.2) is 0 Å². The zero-order valence-corrected chi connectivity index (χ0v) is 11.7. The second-order valence-electron chi connectivity index (χ2n) is 4.83. The van der Waals surface area contributed by atoms with Crippen LogP contribution in [0.3, 0.4) is 0 Å². The molecule has 1 fully saturated rings. The number of hydrogen-bond acceptors (Lipinski definition) is 4. The minimum atomic E-state index is 0.128. The molecular weight excluding hydrogens is 230 g/mol. The molecule has 106 valence electrons. The van der Waals surface area contributed by atoms with Crippen molar-refractivity contribution < 1.29 is 9.53 Å². The Balaban J connectivity index is 2.14. The molecule has 18 heavy (non-hydrogen) atoms. The van der Waals surface area contributed by atoms with Gasteiger partial charge in [-0.05, 0) is 32.4 Å². The number of methoxy groups -OCH3 is 1. The summed E-state index contributed by atoms with van der Waals surface area (Å²) in [6.45, 7) is 7.08. The standard InChI is InChI=1S/C13H27N3O2/c1-3-14-12-6-4-8-16(10-12)11-13(17)15-7-5-9-18-2/h12,14H,3-11H2,1-2H3,(H,15,17). The van der Waals surface area contributed by atoms with E-state index >= 15 is 0 Å². The quantitative estimate of drug-likeness (QED) is 0.611. The first-order valence-corrected chi connectivity index (χ1v) is 6.97. The number of hydrogen-bond donors (Lipinski definition) is 2. The van der Waals surface area contributed by atoms with Crippen molar-refractivity contribution in [3.8, 4) is 0 Å². The highest BCUT2D eigenvalue weighted by Crippen LogP contribution is 2.09. The van der Waals surface area contributed by atoms with Crippen LogP contribution < -0.4 is 10.6 Å². The van der Waals surface area contributed by atoms with Gasteiger partial charge in [-0.15, -0.1) is 0 Å². The van der Waals surface area contributed by atoms with Crippen LogP contribution in [0.5, 0.6) is 0 Å². The first-order valence-electron chi connectivity index (χ1n) is 6.97. The number of likely N-dealkylation sites (tertiary alicyclic amines) is 1. The number of nitrogens with one attached hydrogen (secondary N) is 2. The molecule has 5 nitrogen and oxygen atoms in total. The van der Waals surface area contributed by atoms with Gasteiger partial charge in [0.05, 0.1) is 6.54 Å². The highest BCUT2D eigenvalue weighted by Gasteiger charge is 2.20. The van der Waals surface area contributed by atoms with Crippen LogP contribution >= 0.6 is 0 Å². The monoisotopic (exact) mass is 257 g/mol. The Hall–Kier alpha value is -0.650. The number of nitrogens with zero attached hydrogens (tertiary/aromatic N) is 1. The lowest BCUT2D eigenvalue weighted by molar-refractivity contribution is -0.122. The van der Waals surface area contributed by atoms with E-state index in [0.29, 0.717) is 25.7 Å². The molecule has 2 N–H and O–H groups in total. The van der Waals surface area contributed by atoms with E-state index in [4.69, 9.17) is 4.74 Å². The van der Waals surface area contributed by atoms with E-state index in [9.17, 15) is 4.79 Å². The van der Waals surface area contributed by atoms with E-state index in [2.05, 4.69) is 22.5 Å². The van der Waals surface area contributed by atoms with E-state index in [1.54, 1.807) is 7.11 Å². The molecule has 0 aromatic heterocycles. The number of rotatable bonds is 8. The van der Waals surface area contributed by atoms with Gasteiger partial charge in [-0.3, -0.25) is 9.69 Å². The van der Waals surface area contributed by atoms with E-state index in [1.807, 2.05) is 0 Å². The molecule has 1 aliphatic rings. The minimum Gasteiger partial charge on any atom is -0.385 e. The first kappa shape index (κ1) is 15.4. The molecule has 1 atom stereocenters. The molecule has 0 aromatic rings. The van der Waals surface area contributed by atoms with Crippen molar-refractivity contribution in [3.63, 3.8) is 0 Å². The van der Waals surface area contributed by atoms with Crippen LogP contribution in [0.2, 0.25) is 0 Å². The smallest absolute Gasteiger partial charge is 0.234 e. The van der Waals surface area contributed by atoms with Crippen molar-refractivity contribution in [2.45, 2.75) is 32.2 Å². The number of ether oxygens (including phenoxy) is 1. The van der Waals surface area contributed by atoms with Crippen LogP contribution in [-0.2, 0) is 9.53 Å². The van der Waals surface area contributed by atoms with Gasteiger partial charge < -0.3 is 15.4 Å². The summed E-state index contributed by atoms with van der Waals surface area (Å²) in [6, 6.07) is 0.546. The van der Waals surface area contributed by atoms with E-state index < -0.39 is 0 Å². The van der Waals surface area contributed by atoms with Gasteiger partial charge in [-0.2, -0.15) is 0 Å². The predicted molar refractivity (Wildman–Crippen MR) is 72.6 cm³/mol. The molecule has 0 saturated carbocycles. The highest BCUT2D eigenvalue weighted by molar-refractivity contribution is 5.77. The fourth-order valence-electron chi connectivity index (χ4n) is 2.36. The molecule has 0 aromatic carbocycles. The third-order valence-electron chi connectivity index (χ3n) is 3.21. The number of likely N-dealkylation sites (N-methyl/N-ethyl adjacent to an activating group) is 1. The first-order chi connectivity index (χ1) is 8.76. The van der Waals surface area contributed by atoms with Gasteiger partial charge in [-0.25, -0.2) is 0 Å². The van der Waals surface area contributed by atoms with Gasteiger partial charge in [0.2, 0.25) is 5.91 Å². The van der Waals surface area contributed by atoms with Crippen LogP contribution in [0, 0.1) is 0 Å². The zero-order valence-electron chi connectivity index (χ0n) is 11.7. The molecule has 5 heteroatoms. The predicted octanol–water partition coefficient (Wildman–Crippen LogP) is 0.213. The average Bonchev–Trinajstić information content (AvgIpc) is 2.35. The van der Waals surface area contributed by atoms with Gasteiger partial charge in [0, 0.05) is 32.8 Å². The molecule has 1 saturated heterocycles. The lowest BCUT2D eigenvalue weighted by Gasteiger charge is -2.32. The minimum absolute atomic E-state index is 0.128. The van der Waals surface area contributed by atoms with Crippen molar-refractivity contribution in [2.75, 3.05) is 46.4 Å². The maximum atomic E-state index is 11.7. The molecular formula is C13H27N3O2. The molecule has 1 heterocycles. The maximum Gasteiger partial charge on any atom is 0.234 e. The second-order valence-corrected chi connectivity index (χ2v) is 4.83. The summed E-state index contributed by atoms with van der Waals surface area (Å²) in [6.07, 6.45) is 3.27. The number of piperidine rings is 1. The van der Waals surface area contributed by atoms with Crippen molar-refractivity contribution in [1.82, 2.24) is 15.5 Å². The van der Waals surface area contributed by atoms with Gasteiger partial charge in [0.25, 0.3) is 0 Å². The van der Waals surface area contributed by atoms with Crippen LogP contribution in [-0.4, -0.2) is 63.3 Å². The summed E-state index contributed by atoms with van der Waals surface area (Å²) in [4.78, 5) is 14.0. The van der Waals surface area contributed by atoms with Crippen molar-refractivity contribution in [2.24, 2.45) is 0 Å². The normalized spacial score (nSPS) is 20.9. The van der Waals surface area contributed by atoms with Gasteiger partial charge in [-0.1, -0.05) is 6.92 Å². The molecule has 1 aliphatic heterocycles. The van der Waals surface area contributed by atoms with Gasteiger partial charge in [0.1, 0.15) is 0 Å². The van der Waals surface area contributed by atoms with Crippen molar-refractivity contribution in [1.29, 1.82) is 0 Å². The lowest BCUT2D eigenvalue weighted by atomic mass is 10.1. The summed E-state index contributed by atoms with van der Waals surface area (Å²) >= 11 is 0. The molecule has 0 bridgehead atoms. The number of amides is 1.